The van der Waals surface area contributed by atoms with E-state index in [1.165, 1.54) is 35.2 Å². The predicted molar refractivity (Wildman–Crippen MR) is 150 cm³/mol. The molecule has 0 radical (unpaired) electrons. The summed E-state index contributed by atoms with van der Waals surface area (Å²) in [7, 11) is 0. The van der Waals surface area contributed by atoms with Gasteiger partial charge in [-0.05, 0) is 74.5 Å². The van der Waals surface area contributed by atoms with Gasteiger partial charge in [0.2, 0.25) is 11.0 Å². The number of nitrogens with zero attached hydrogens (tertiary/aromatic N) is 5. The lowest BCUT2D eigenvalue weighted by molar-refractivity contribution is -0.384. The van der Waals surface area contributed by atoms with Crippen LogP contribution in [0.5, 0.6) is 5.75 Å². The molecule has 41 heavy (non-hydrogen) atoms. The van der Waals surface area contributed by atoms with Gasteiger partial charge in [-0.15, -0.1) is 0 Å². The summed E-state index contributed by atoms with van der Waals surface area (Å²) in [5.74, 6) is -0.284. The first-order chi connectivity index (χ1) is 19.4. The highest BCUT2D eigenvalue weighted by Gasteiger charge is 2.30. The monoisotopic (exact) mass is 581 g/mol. The molecule has 3 aromatic rings. The summed E-state index contributed by atoms with van der Waals surface area (Å²) >= 11 is 6.31. The number of carbonyl (C=O) groups excluding carboxylic acids is 1. The average molecular weight is 582 g/mol. The topological polar surface area (TPSA) is 112 Å². The quantitative estimate of drug-likeness (QED) is 0.120. The highest BCUT2D eigenvalue weighted by molar-refractivity contribution is 6.28. The van der Waals surface area contributed by atoms with Crippen LogP contribution >= 0.6 is 11.6 Å². The molecule has 1 unspecified atom stereocenters. The van der Waals surface area contributed by atoms with Gasteiger partial charge in [-0.3, -0.25) is 10.1 Å². The van der Waals surface area contributed by atoms with Crippen molar-refractivity contribution in [1.82, 2.24) is 14.9 Å². The van der Waals surface area contributed by atoms with Crippen molar-refractivity contribution >= 4 is 29.1 Å². The highest BCUT2D eigenvalue weighted by Crippen LogP contribution is 2.39. The Morgan fingerprint density at radius 3 is 2.61 bits per heavy atom. The molecule has 1 heterocycles. The van der Waals surface area contributed by atoms with Crippen molar-refractivity contribution in [3.8, 4) is 5.75 Å². The van der Waals surface area contributed by atoms with Crippen LogP contribution in [0.2, 0.25) is 5.28 Å². The number of ether oxygens (including phenoxy) is 2. The first kappa shape index (κ1) is 29.7. The lowest BCUT2D eigenvalue weighted by atomic mass is 9.96. The van der Waals surface area contributed by atoms with E-state index in [-0.39, 0.29) is 53.8 Å². The van der Waals surface area contributed by atoms with Crippen molar-refractivity contribution in [2.75, 3.05) is 19.7 Å². The van der Waals surface area contributed by atoms with E-state index in [9.17, 15) is 19.3 Å². The van der Waals surface area contributed by atoms with Gasteiger partial charge in [0.15, 0.2) is 0 Å². The van der Waals surface area contributed by atoms with E-state index < -0.39 is 16.6 Å². The Hall–Kier alpha value is -4.30. The van der Waals surface area contributed by atoms with Crippen LogP contribution in [0, 0.1) is 22.5 Å². The fourth-order valence-electron chi connectivity index (χ4n) is 4.68. The standard InChI is InChI=1S/C29H29ClFN5O5/c1-29(2,3)41-28(37)35(15-16-40-25-17-20(36(38)39)9-12-24(25)32-4)14-13-23-22-11-10-21(26(22)34-27(30)33-23)18-5-7-19(31)8-6-18/h5-9,12,17,21H,10-11,13-16H2,1-3H3. The fraction of sp³-hybridized carbons (Fsp3) is 0.379. The average Bonchev–Trinajstić information content (AvgIpc) is 3.33. The van der Waals surface area contributed by atoms with E-state index in [0.717, 1.165) is 23.2 Å². The van der Waals surface area contributed by atoms with Gasteiger partial charge < -0.3 is 14.4 Å². The molecular formula is C29H29ClFN5O5. The highest BCUT2D eigenvalue weighted by atomic mass is 35.5. The predicted octanol–water partition coefficient (Wildman–Crippen LogP) is 6.66. The van der Waals surface area contributed by atoms with Gasteiger partial charge in [0, 0.05) is 31.0 Å². The molecule has 214 valence electrons. The Bertz CT molecular complexity index is 1490. The van der Waals surface area contributed by atoms with Crippen molar-refractivity contribution in [2.45, 2.75) is 51.6 Å². The summed E-state index contributed by atoms with van der Waals surface area (Å²) in [4.78, 5) is 37.4. The molecule has 0 fully saturated rings. The van der Waals surface area contributed by atoms with Crippen molar-refractivity contribution in [3.05, 3.63) is 97.6 Å². The first-order valence-corrected chi connectivity index (χ1v) is 13.4. The molecule has 12 heteroatoms. The summed E-state index contributed by atoms with van der Waals surface area (Å²) in [6, 6.07) is 10.1. The van der Waals surface area contributed by atoms with Crippen LogP contribution in [0.25, 0.3) is 4.85 Å². The normalized spacial score (nSPS) is 14.2. The van der Waals surface area contributed by atoms with Crippen LogP contribution in [0.15, 0.2) is 42.5 Å². The first-order valence-electron chi connectivity index (χ1n) is 13.0. The van der Waals surface area contributed by atoms with Crippen molar-refractivity contribution < 1.29 is 23.6 Å². The van der Waals surface area contributed by atoms with Gasteiger partial charge in [0.25, 0.3) is 5.69 Å². The fourth-order valence-corrected chi connectivity index (χ4v) is 4.88. The molecule has 1 aliphatic carbocycles. The lowest BCUT2D eigenvalue weighted by Gasteiger charge is -2.27. The second-order valence-corrected chi connectivity index (χ2v) is 10.9. The maximum Gasteiger partial charge on any atom is 0.410 e. The second-order valence-electron chi connectivity index (χ2n) is 10.5. The number of benzene rings is 2. The molecule has 0 saturated heterocycles. The van der Waals surface area contributed by atoms with E-state index in [2.05, 4.69) is 14.8 Å². The van der Waals surface area contributed by atoms with Gasteiger partial charge in [-0.1, -0.05) is 12.1 Å². The molecule has 1 atom stereocenters. The molecular weight excluding hydrogens is 553 g/mol. The van der Waals surface area contributed by atoms with Crippen molar-refractivity contribution in [2.24, 2.45) is 0 Å². The maximum atomic E-state index is 13.5. The number of carbonyl (C=O) groups is 1. The van der Waals surface area contributed by atoms with E-state index in [0.29, 0.717) is 18.5 Å². The Labute approximate surface area is 242 Å². The number of non-ortho nitro benzene ring substituents is 1. The van der Waals surface area contributed by atoms with E-state index in [4.69, 9.17) is 27.6 Å². The van der Waals surface area contributed by atoms with E-state index in [1.807, 2.05) is 0 Å². The van der Waals surface area contributed by atoms with Gasteiger partial charge in [-0.2, -0.15) is 0 Å². The molecule has 0 bridgehead atoms. The number of fused-ring (bicyclic) bond motifs is 1. The van der Waals surface area contributed by atoms with Crippen molar-refractivity contribution in [3.63, 3.8) is 0 Å². The van der Waals surface area contributed by atoms with Gasteiger partial charge in [-0.25, -0.2) is 24.0 Å². The number of amides is 1. The van der Waals surface area contributed by atoms with E-state index >= 15 is 0 Å². The summed E-state index contributed by atoms with van der Waals surface area (Å²) in [6.45, 7) is 12.9. The number of hydrogen-bond acceptors (Lipinski definition) is 7. The maximum absolute atomic E-state index is 13.5. The molecule has 1 aromatic heterocycles. The van der Waals surface area contributed by atoms with Crippen LogP contribution < -0.4 is 4.74 Å². The molecule has 1 amide bonds. The molecule has 10 nitrogen and oxygen atoms in total. The lowest BCUT2D eigenvalue weighted by Crippen LogP contribution is -2.40. The minimum absolute atomic E-state index is 0.0296. The third kappa shape index (κ3) is 7.46. The smallest absolute Gasteiger partial charge is 0.410 e. The number of hydrogen-bond donors (Lipinski definition) is 0. The second kappa shape index (κ2) is 12.5. The van der Waals surface area contributed by atoms with Gasteiger partial charge >= 0.3 is 6.09 Å². The molecule has 4 rings (SSSR count). The zero-order valence-corrected chi connectivity index (χ0v) is 23.7. The molecule has 0 spiro atoms. The Kier molecular flexibility index (Phi) is 9.03. The largest absolute Gasteiger partial charge is 0.503 e. The number of aromatic nitrogens is 2. The summed E-state index contributed by atoms with van der Waals surface area (Å²) in [5.41, 5.74) is 2.60. The summed E-state index contributed by atoms with van der Waals surface area (Å²) < 4.78 is 24.8. The summed E-state index contributed by atoms with van der Waals surface area (Å²) in [6.07, 6.45) is 1.29. The Morgan fingerprint density at radius 1 is 1.22 bits per heavy atom. The van der Waals surface area contributed by atoms with Crippen LogP contribution in [0.4, 0.5) is 20.6 Å². The minimum atomic E-state index is -0.741. The third-order valence-corrected chi connectivity index (χ3v) is 6.72. The number of nitro groups is 1. The van der Waals surface area contributed by atoms with E-state index in [1.54, 1.807) is 32.9 Å². The third-order valence-electron chi connectivity index (χ3n) is 6.55. The minimum Gasteiger partial charge on any atom is -0.503 e. The number of nitro benzene ring substituents is 1. The molecule has 2 aromatic carbocycles. The summed E-state index contributed by atoms with van der Waals surface area (Å²) in [5, 5.41) is 11.3. The van der Waals surface area contributed by atoms with Crippen LogP contribution in [0.3, 0.4) is 0 Å². The zero-order valence-electron chi connectivity index (χ0n) is 22.9. The Balaban J connectivity index is 1.51. The van der Waals surface area contributed by atoms with Gasteiger partial charge in [0.1, 0.15) is 23.8 Å². The number of rotatable bonds is 9. The molecule has 0 N–H and O–H groups in total. The zero-order chi connectivity index (χ0) is 29.7. The number of halogens is 2. The Morgan fingerprint density at radius 2 is 1.95 bits per heavy atom. The SMILES string of the molecule is [C-]#[N+]c1ccc([N+](=O)[O-])cc1OCCN(CCc1nc(Cl)nc2c1CCC2c1ccc(F)cc1)C(=O)OC(C)(C)C. The van der Waals surface area contributed by atoms with Crippen LogP contribution in [-0.2, 0) is 17.6 Å². The molecule has 0 aliphatic heterocycles. The molecule has 0 saturated carbocycles. The van der Waals surface area contributed by atoms with Gasteiger partial charge in [0.05, 0.1) is 29.4 Å². The van der Waals surface area contributed by atoms with Crippen LogP contribution in [0.1, 0.15) is 55.6 Å². The molecule has 1 aliphatic rings. The van der Waals surface area contributed by atoms with Crippen molar-refractivity contribution in [1.29, 1.82) is 0 Å². The van der Waals surface area contributed by atoms with Crippen LogP contribution in [-0.4, -0.2) is 51.2 Å².